The van der Waals surface area contributed by atoms with Gasteiger partial charge in [0.1, 0.15) is 0 Å². The van der Waals surface area contributed by atoms with E-state index in [1.807, 2.05) is 6.08 Å². The van der Waals surface area contributed by atoms with Gasteiger partial charge in [-0.1, -0.05) is 121 Å². The number of aliphatic hydroxyl groups is 3. The Balaban J connectivity index is 3.86. The summed E-state index contributed by atoms with van der Waals surface area (Å²) in [5, 5.41) is 32.8. The molecule has 0 saturated carbocycles. The average Bonchev–Trinajstić information content (AvgIpc) is 2.92. The van der Waals surface area contributed by atoms with Gasteiger partial charge in [-0.2, -0.15) is 0 Å². The summed E-state index contributed by atoms with van der Waals surface area (Å²) in [5.74, 6) is -0.336. The molecule has 1 amide bonds. The molecule has 0 aromatic rings. The summed E-state index contributed by atoms with van der Waals surface area (Å²) >= 11 is 0. The van der Waals surface area contributed by atoms with Crippen LogP contribution < -0.4 is 5.32 Å². The van der Waals surface area contributed by atoms with Crippen LogP contribution in [0.3, 0.4) is 0 Å². The Labute approximate surface area is 241 Å². The van der Waals surface area contributed by atoms with Crippen molar-refractivity contribution in [3.8, 4) is 0 Å². The molecule has 4 N–H and O–H groups in total. The van der Waals surface area contributed by atoms with Crippen LogP contribution in [0.4, 0.5) is 0 Å². The molecule has 0 aliphatic heterocycles. The van der Waals surface area contributed by atoms with Crippen LogP contribution in [0.25, 0.3) is 0 Å². The minimum atomic E-state index is -0.949. The highest BCUT2D eigenvalue weighted by Gasteiger charge is 2.20. The van der Waals surface area contributed by atoms with Gasteiger partial charge in [0, 0.05) is 0 Å². The fourth-order valence-electron chi connectivity index (χ4n) is 4.58. The van der Waals surface area contributed by atoms with Gasteiger partial charge >= 0.3 is 0 Å². The first-order chi connectivity index (χ1) is 19.0. The Kier molecular flexibility index (Phi) is 28.5. The second-order valence-corrected chi connectivity index (χ2v) is 11.1. The topological polar surface area (TPSA) is 89.8 Å². The second kappa shape index (κ2) is 29.6. The lowest BCUT2D eigenvalue weighted by molar-refractivity contribution is -0.124. The fraction of sp³-hybridized carbons (Fsp3) is 0.794. The van der Waals surface area contributed by atoms with Crippen molar-refractivity contribution in [3.05, 3.63) is 36.5 Å². The highest BCUT2D eigenvalue weighted by Crippen LogP contribution is 2.12. The van der Waals surface area contributed by atoms with Gasteiger partial charge < -0.3 is 20.6 Å². The number of unbranched alkanes of at least 4 members (excludes halogenated alkanes) is 15. The third-order valence-corrected chi connectivity index (χ3v) is 7.15. The predicted octanol–water partition coefficient (Wildman–Crippen LogP) is 8.09. The van der Waals surface area contributed by atoms with Crippen LogP contribution in [0.1, 0.15) is 149 Å². The fourth-order valence-corrected chi connectivity index (χ4v) is 4.58. The number of hydrogen-bond donors (Lipinski definition) is 4. The maximum absolute atomic E-state index is 12.3. The van der Waals surface area contributed by atoms with E-state index in [2.05, 4.69) is 43.5 Å². The lowest BCUT2D eigenvalue weighted by Gasteiger charge is -2.20. The van der Waals surface area contributed by atoms with Crippen LogP contribution in [-0.4, -0.2) is 46.1 Å². The highest BCUT2D eigenvalue weighted by molar-refractivity contribution is 5.76. The first-order valence-electron chi connectivity index (χ1n) is 16.3. The van der Waals surface area contributed by atoms with E-state index in [1.54, 1.807) is 6.08 Å². The third-order valence-electron chi connectivity index (χ3n) is 7.15. The monoisotopic (exact) mass is 549 g/mol. The van der Waals surface area contributed by atoms with E-state index in [4.69, 9.17) is 0 Å². The van der Waals surface area contributed by atoms with Crippen LogP contribution >= 0.6 is 0 Å². The van der Waals surface area contributed by atoms with Crippen molar-refractivity contribution in [1.29, 1.82) is 0 Å². The van der Waals surface area contributed by atoms with E-state index in [1.165, 1.54) is 77.0 Å². The molecule has 5 nitrogen and oxygen atoms in total. The Morgan fingerprint density at radius 1 is 0.641 bits per heavy atom. The van der Waals surface area contributed by atoms with E-state index in [9.17, 15) is 20.1 Å². The largest absolute Gasteiger partial charge is 0.394 e. The molecular weight excluding hydrogens is 486 g/mol. The molecule has 39 heavy (non-hydrogen) atoms. The van der Waals surface area contributed by atoms with Crippen molar-refractivity contribution in [3.63, 3.8) is 0 Å². The summed E-state index contributed by atoms with van der Waals surface area (Å²) in [5.41, 5.74) is 0. The number of allylic oxidation sites excluding steroid dienone is 5. The zero-order valence-corrected chi connectivity index (χ0v) is 25.5. The molecule has 0 aliphatic rings. The van der Waals surface area contributed by atoms with Crippen LogP contribution in [0.2, 0.25) is 0 Å². The van der Waals surface area contributed by atoms with Crippen molar-refractivity contribution >= 4 is 5.91 Å². The average molecular weight is 550 g/mol. The van der Waals surface area contributed by atoms with E-state index < -0.39 is 18.2 Å². The first kappa shape index (κ1) is 37.6. The van der Waals surface area contributed by atoms with Crippen molar-refractivity contribution in [2.24, 2.45) is 0 Å². The molecule has 0 bridgehead atoms. The number of carbonyl (C=O) groups is 1. The molecular formula is C34H63NO4. The highest BCUT2D eigenvalue weighted by atomic mass is 16.3. The number of aliphatic hydroxyl groups excluding tert-OH is 3. The van der Waals surface area contributed by atoms with Gasteiger partial charge in [-0.3, -0.25) is 4.79 Å². The zero-order chi connectivity index (χ0) is 28.8. The Morgan fingerprint density at radius 2 is 1.10 bits per heavy atom. The maximum atomic E-state index is 12.3. The molecule has 0 aliphatic carbocycles. The Hall–Kier alpha value is -1.43. The molecule has 0 aromatic carbocycles. The van der Waals surface area contributed by atoms with Crippen LogP contribution in [-0.2, 0) is 4.79 Å². The lowest BCUT2D eigenvalue weighted by atomic mass is 10.0. The Bertz CT molecular complexity index is 616. The number of nitrogens with one attached hydrogen (secondary N) is 1. The molecule has 0 radical (unpaired) electrons. The number of rotatable bonds is 28. The smallest absolute Gasteiger partial charge is 0.222 e. The molecule has 0 aromatic heterocycles. The van der Waals surface area contributed by atoms with Gasteiger partial charge in [0.05, 0.1) is 31.3 Å². The van der Waals surface area contributed by atoms with Crippen molar-refractivity contribution in [1.82, 2.24) is 5.32 Å². The van der Waals surface area contributed by atoms with Crippen molar-refractivity contribution in [2.45, 2.75) is 167 Å². The summed E-state index contributed by atoms with van der Waals surface area (Å²) in [7, 11) is 0. The lowest BCUT2D eigenvalue weighted by Crippen LogP contribution is -2.45. The molecule has 0 fully saturated rings. The summed E-state index contributed by atoms with van der Waals surface area (Å²) in [6, 6.07) is -0.759. The third kappa shape index (κ3) is 26.6. The van der Waals surface area contributed by atoms with Gasteiger partial charge in [-0.25, -0.2) is 0 Å². The molecule has 5 heteroatoms. The molecule has 0 rings (SSSR count). The number of amides is 1. The van der Waals surface area contributed by atoms with E-state index >= 15 is 0 Å². The molecule has 0 spiro atoms. The quantitative estimate of drug-likeness (QED) is 0.0586. The van der Waals surface area contributed by atoms with E-state index in [0.717, 1.165) is 44.9 Å². The SMILES string of the molecule is CCCCCC/C=C\CCCCCCCC(O)CC(=O)NC(CO)C(O)/C=C/CC/C=C/CCCCCCC. The van der Waals surface area contributed by atoms with Crippen LogP contribution in [0.15, 0.2) is 36.5 Å². The van der Waals surface area contributed by atoms with Gasteiger partial charge in [0.15, 0.2) is 0 Å². The van der Waals surface area contributed by atoms with Gasteiger partial charge in [-0.15, -0.1) is 0 Å². The maximum Gasteiger partial charge on any atom is 0.222 e. The van der Waals surface area contributed by atoms with Crippen LogP contribution in [0.5, 0.6) is 0 Å². The molecule has 3 atom stereocenters. The van der Waals surface area contributed by atoms with Crippen molar-refractivity contribution in [2.75, 3.05) is 6.61 Å². The molecule has 228 valence electrons. The van der Waals surface area contributed by atoms with Gasteiger partial charge in [0.25, 0.3) is 0 Å². The zero-order valence-electron chi connectivity index (χ0n) is 25.5. The Morgan fingerprint density at radius 3 is 1.67 bits per heavy atom. The van der Waals surface area contributed by atoms with E-state index in [-0.39, 0.29) is 18.9 Å². The summed E-state index contributed by atoms with van der Waals surface area (Å²) < 4.78 is 0. The minimum absolute atomic E-state index is 0.000770. The number of hydrogen-bond acceptors (Lipinski definition) is 4. The first-order valence-corrected chi connectivity index (χ1v) is 16.3. The van der Waals surface area contributed by atoms with Crippen LogP contribution in [0, 0.1) is 0 Å². The van der Waals surface area contributed by atoms with Gasteiger partial charge in [-0.05, 0) is 57.8 Å². The molecule has 0 saturated heterocycles. The van der Waals surface area contributed by atoms with Crippen molar-refractivity contribution < 1.29 is 20.1 Å². The summed E-state index contributed by atoms with van der Waals surface area (Å²) in [6.07, 6.45) is 34.0. The summed E-state index contributed by atoms with van der Waals surface area (Å²) in [6.45, 7) is 4.12. The number of carbonyl (C=O) groups excluding carboxylic acids is 1. The normalized spacial score (nSPS) is 14.5. The standard InChI is InChI=1S/C34H63NO4/c1-3-5-7-9-11-13-15-16-18-19-21-23-25-27-31(37)29-34(39)35-32(30-36)33(38)28-26-24-22-20-17-14-12-10-8-6-4-2/h13,15,17,20,26,28,31-33,36-38H,3-12,14,16,18-19,21-25,27,29-30H2,1-2H3,(H,35,39)/b15-13-,20-17+,28-26+. The second-order valence-electron chi connectivity index (χ2n) is 11.1. The molecule has 3 unspecified atom stereocenters. The minimum Gasteiger partial charge on any atom is -0.394 e. The van der Waals surface area contributed by atoms with Gasteiger partial charge in [0.2, 0.25) is 5.91 Å². The van der Waals surface area contributed by atoms with E-state index in [0.29, 0.717) is 6.42 Å². The predicted molar refractivity (Wildman–Crippen MR) is 167 cm³/mol. The summed E-state index contributed by atoms with van der Waals surface area (Å²) in [4.78, 5) is 12.3. The molecule has 0 heterocycles.